The van der Waals surface area contributed by atoms with Crippen LogP contribution in [0.15, 0.2) is 24.3 Å². The van der Waals surface area contributed by atoms with Gasteiger partial charge in [-0.3, -0.25) is 0 Å². The van der Waals surface area contributed by atoms with Gasteiger partial charge < -0.3 is 9.47 Å². The van der Waals surface area contributed by atoms with E-state index in [1.54, 1.807) is 0 Å². The standard InChI is InChI=1S/C23H34O2/c1-15(2)19-4-6-22(7-5-19)25-16(3)24-9-8-23-20-11-17-10-18(13-20)14-21(23)12-17/h4-7,15-18,20-21,23H,8-14H2,1-3H3. The second-order valence-electron chi connectivity index (χ2n) is 9.16. The molecule has 0 saturated heterocycles. The van der Waals surface area contributed by atoms with E-state index in [1.165, 1.54) is 44.1 Å². The first-order valence-corrected chi connectivity index (χ1v) is 10.5. The maximum absolute atomic E-state index is 6.01. The minimum absolute atomic E-state index is 0.165. The fraction of sp³-hybridized carbons (Fsp3) is 0.739. The molecule has 1 unspecified atom stereocenters. The zero-order valence-electron chi connectivity index (χ0n) is 16.1. The zero-order valence-corrected chi connectivity index (χ0v) is 16.1. The largest absolute Gasteiger partial charge is 0.465 e. The predicted octanol–water partition coefficient (Wildman–Crippen LogP) is 6.01. The third kappa shape index (κ3) is 3.89. The fourth-order valence-corrected chi connectivity index (χ4v) is 6.04. The minimum Gasteiger partial charge on any atom is -0.465 e. The van der Waals surface area contributed by atoms with Gasteiger partial charge in [0.2, 0.25) is 0 Å². The Balaban J connectivity index is 1.22. The molecule has 138 valence electrons. The lowest BCUT2D eigenvalue weighted by Crippen LogP contribution is -2.45. The molecule has 0 radical (unpaired) electrons. The highest BCUT2D eigenvalue weighted by atomic mass is 16.7. The Morgan fingerprint density at radius 1 is 0.880 bits per heavy atom. The molecule has 4 fully saturated rings. The number of hydrogen-bond donors (Lipinski definition) is 0. The van der Waals surface area contributed by atoms with Gasteiger partial charge in [0.05, 0.1) is 6.61 Å². The topological polar surface area (TPSA) is 18.5 Å². The van der Waals surface area contributed by atoms with Crippen LogP contribution in [-0.2, 0) is 4.74 Å². The predicted molar refractivity (Wildman–Crippen MR) is 102 cm³/mol. The number of ether oxygens (including phenoxy) is 2. The SMILES string of the molecule is CC(OCCC1C2CC3CC(C2)CC1C3)Oc1ccc(C(C)C)cc1. The quantitative estimate of drug-likeness (QED) is 0.565. The van der Waals surface area contributed by atoms with Crippen molar-refractivity contribution in [2.24, 2.45) is 29.6 Å². The van der Waals surface area contributed by atoms with Crippen molar-refractivity contribution in [3.05, 3.63) is 29.8 Å². The van der Waals surface area contributed by atoms with Gasteiger partial charge in [0.15, 0.2) is 6.29 Å². The van der Waals surface area contributed by atoms with Crippen molar-refractivity contribution < 1.29 is 9.47 Å². The third-order valence-corrected chi connectivity index (χ3v) is 7.07. The first-order valence-electron chi connectivity index (χ1n) is 10.5. The Labute approximate surface area is 153 Å². The molecule has 4 aliphatic rings. The van der Waals surface area contributed by atoms with Crippen molar-refractivity contribution in [2.45, 2.75) is 71.5 Å². The summed E-state index contributed by atoms with van der Waals surface area (Å²) in [7, 11) is 0. The van der Waals surface area contributed by atoms with Crippen molar-refractivity contribution in [3.63, 3.8) is 0 Å². The second-order valence-corrected chi connectivity index (χ2v) is 9.16. The van der Waals surface area contributed by atoms with Gasteiger partial charge in [-0.05, 0) is 98.7 Å². The van der Waals surface area contributed by atoms with E-state index < -0.39 is 0 Å². The summed E-state index contributed by atoms with van der Waals surface area (Å²) < 4.78 is 11.9. The summed E-state index contributed by atoms with van der Waals surface area (Å²) in [5, 5.41) is 0. The second kappa shape index (κ2) is 7.31. The van der Waals surface area contributed by atoms with Crippen LogP contribution in [-0.4, -0.2) is 12.9 Å². The summed E-state index contributed by atoms with van der Waals surface area (Å²) in [5.41, 5.74) is 1.35. The lowest BCUT2D eigenvalue weighted by molar-refractivity contribution is -0.0913. The third-order valence-electron chi connectivity index (χ3n) is 7.07. The highest BCUT2D eigenvalue weighted by Crippen LogP contribution is 2.57. The summed E-state index contributed by atoms with van der Waals surface area (Å²) in [4.78, 5) is 0. The van der Waals surface area contributed by atoms with Gasteiger partial charge >= 0.3 is 0 Å². The molecule has 0 aliphatic heterocycles. The first-order chi connectivity index (χ1) is 12.1. The molecule has 2 heteroatoms. The Bertz CT molecular complexity index is 534. The van der Waals surface area contributed by atoms with Crippen molar-refractivity contribution in [1.82, 2.24) is 0 Å². The van der Waals surface area contributed by atoms with E-state index in [0.29, 0.717) is 5.92 Å². The van der Waals surface area contributed by atoms with Gasteiger partial charge in [-0.25, -0.2) is 0 Å². The molecule has 4 bridgehead atoms. The maximum atomic E-state index is 6.01. The van der Waals surface area contributed by atoms with Crippen LogP contribution in [0.4, 0.5) is 0 Å². The zero-order chi connectivity index (χ0) is 17.4. The van der Waals surface area contributed by atoms with Gasteiger partial charge in [0.25, 0.3) is 0 Å². The van der Waals surface area contributed by atoms with Crippen LogP contribution < -0.4 is 4.74 Å². The summed E-state index contributed by atoms with van der Waals surface area (Å²) in [5.74, 6) is 6.52. The van der Waals surface area contributed by atoms with E-state index >= 15 is 0 Å². The van der Waals surface area contributed by atoms with Gasteiger partial charge in [-0.1, -0.05) is 26.0 Å². The van der Waals surface area contributed by atoms with Gasteiger partial charge in [0.1, 0.15) is 5.75 Å². The van der Waals surface area contributed by atoms with E-state index in [4.69, 9.17) is 9.47 Å². The van der Waals surface area contributed by atoms with Crippen LogP contribution in [0.3, 0.4) is 0 Å². The number of benzene rings is 1. The fourth-order valence-electron chi connectivity index (χ4n) is 6.04. The van der Waals surface area contributed by atoms with Gasteiger partial charge in [0, 0.05) is 0 Å². The summed E-state index contributed by atoms with van der Waals surface area (Å²) in [6, 6.07) is 8.43. The molecule has 1 aromatic rings. The average molecular weight is 343 g/mol. The molecule has 4 saturated carbocycles. The van der Waals surface area contributed by atoms with E-state index in [-0.39, 0.29) is 6.29 Å². The molecule has 5 rings (SSSR count). The average Bonchev–Trinajstić information content (AvgIpc) is 2.57. The Kier molecular flexibility index (Phi) is 5.08. The van der Waals surface area contributed by atoms with Gasteiger partial charge in [-0.15, -0.1) is 0 Å². The molecule has 0 N–H and O–H groups in total. The molecule has 25 heavy (non-hydrogen) atoms. The van der Waals surface area contributed by atoms with E-state index in [9.17, 15) is 0 Å². The van der Waals surface area contributed by atoms with E-state index in [1.807, 2.05) is 6.92 Å². The maximum Gasteiger partial charge on any atom is 0.196 e. The first kappa shape index (κ1) is 17.4. The van der Waals surface area contributed by atoms with Crippen molar-refractivity contribution in [3.8, 4) is 5.75 Å². The Hall–Kier alpha value is -1.02. The van der Waals surface area contributed by atoms with Crippen molar-refractivity contribution in [1.29, 1.82) is 0 Å². The molecule has 1 atom stereocenters. The Morgan fingerprint density at radius 2 is 1.48 bits per heavy atom. The van der Waals surface area contributed by atoms with Crippen LogP contribution in [0, 0.1) is 29.6 Å². The van der Waals surface area contributed by atoms with Crippen molar-refractivity contribution >= 4 is 0 Å². The highest BCUT2D eigenvalue weighted by molar-refractivity contribution is 5.28. The van der Waals surface area contributed by atoms with Crippen LogP contribution in [0.5, 0.6) is 5.75 Å². The molecule has 4 aliphatic carbocycles. The van der Waals surface area contributed by atoms with Crippen LogP contribution in [0.2, 0.25) is 0 Å². The molecule has 0 amide bonds. The summed E-state index contributed by atoms with van der Waals surface area (Å²) in [6.07, 6.45) is 8.63. The van der Waals surface area contributed by atoms with Crippen molar-refractivity contribution in [2.75, 3.05) is 6.61 Å². The minimum atomic E-state index is -0.165. The molecule has 1 aromatic carbocycles. The van der Waals surface area contributed by atoms with Crippen LogP contribution in [0.25, 0.3) is 0 Å². The highest BCUT2D eigenvalue weighted by Gasteiger charge is 2.47. The summed E-state index contributed by atoms with van der Waals surface area (Å²) >= 11 is 0. The van der Waals surface area contributed by atoms with Crippen LogP contribution in [0.1, 0.15) is 70.8 Å². The molecular formula is C23H34O2. The lowest BCUT2D eigenvalue weighted by atomic mass is 9.51. The summed E-state index contributed by atoms with van der Waals surface area (Å²) in [6.45, 7) is 7.29. The smallest absolute Gasteiger partial charge is 0.196 e. The van der Waals surface area contributed by atoms with Crippen LogP contribution >= 0.6 is 0 Å². The Morgan fingerprint density at radius 3 is 2.04 bits per heavy atom. The van der Waals surface area contributed by atoms with E-state index in [0.717, 1.165) is 41.9 Å². The lowest BCUT2D eigenvalue weighted by Gasteiger charge is -2.54. The molecule has 0 spiro atoms. The molecule has 0 heterocycles. The normalized spacial score (nSPS) is 34.5. The molecule has 2 nitrogen and oxygen atoms in total. The number of rotatable bonds is 7. The molecular weight excluding hydrogens is 308 g/mol. The van der Waals surface area contributed by atoms with E-state index in [2.05, 4.69) is 38.1 Å². The van der Waals surface area contributed by atoms with Gasteiger partial charge in [-0.2, -0.15) is 0 Å². The molecule has 0 aromatic heterocycles. The monoisotopic (exact) mass is 342 g/mol. The number of hydrogen-bond acceptors (Lipinski definition) is 2.